The lowest BCUT2D eigenvalue weighted by atomic mass is 9.92. The lowest BCUT2D eigenvalue weighted by molar-refractivity contribution is -0.248. The molecule has 1 fully saturated rings. The number of para-hydroxylation sites is 1. The molecule has 0 bridgehead atoms. The second-order valence-corrected chi connectivity index (χ2v) is 10.5. The Morgan fingerprint density at radius 2 is 1.91 bits per heavy atom. The molecule has 6 atom stereocenters. The predicted molar refractivity (Wildman–Crippen MR) is 159 cm³/mol. The monoisotopic (exact) mass is 645 g/mol. The van der Waals surface area contributed by atoms with Crippen LogP contribution < -0.4 is 10.5 Å². The van der Waals surface area contributed by atoms with Crippen molar-refractivity contribution in [2.24, 2.45) is 0 Å². The Hall–Kier alpha value is -3.92. The fraction of sp³-hybridized carbons (Fsp3) is 0.400. The standard InChI is InChI=1S/C30H33ClFN5O8/c1-3-41-27(39)30(28(40)42-4-2,14-17-9-8-12-19(13-17)44-18-10-6-5-7-11-18)43-15-20-23(38)21(32)26(45-20)37-16-34-22-24(33)35-29(31)36-25(22)37/h5-13,16,20-21,23,26-27,38-39H,3-4,14-15H2,1-2H3,(H2,33,35,36)/t20-,21+,23-,26-,27?,30?/m1/s1. The Labute approximate surface area is 262 Å². The Kier molecular flexibility index (Phi) is 10.1. The summed E-state index contributed by atoms with van der Waals surface area (Å²) in [6.45, 7) is 2.70. The lowest BCUT2D eigenvalue weighted by Gasteiger charge is -2.36. The van der Waals surface area contributed by atoms with Crippen LogP contribution in [0, 0.1) is 0 Å². The number of hydrogen-bond acceptors (Lipinski definition) is 12. The summed E-state index contributed by atoms with van der Waals surface area (Å²) in [6.07, 6.45) is -7.16. The van der Waals surface area contributed by atoms with Crippen molar-refractivity contribution in [3.63, 3.8) is 0 Å². The van der Waals surface area contributed by atoms with Gasteiger partial charge in [0, 0.05) is 13.0 Å². The summed E-state index contributed by atoms with van der Waals surface area (Å²) >= 11 is 5.95. The van der Waals surface area contributed by atoms with Gasteiger partial charge in [-0.1, -0.05) is 30.3 Å². The van der Waals surface area contributed by atoms with E-state index < -0.39 is 49.1 Å². The summed E-state index contributed by atoms with van der Waals surface area (Å²) in [4.78, 5) is 25.6. The minimum atomic E-state index is -2.14. The van der Waals surface area contributed by atoms with E-state index in [1.165, 1.54) is 10.9 Å². The number of alkyl halides is 1. The number of hydrogen-bond donors (Lipinski definition) is 3. The van der Waals surface area contributed by atoms with Gasteiger partial charge >= 0.3 is 5.97 Å². The number of rotatable bonds is 13. The number of aliphatic hydroxyl groups excluding tert-OH is 2. The van der Waals surface area contributed by atoms with E-state index in [1.54, 1.807) is 50.2 Å². The zero-order chi connectivity index (χ0) is 32.1. The Morgan fingerprint density at radius 1 is 1.16 bits per heavy atom. The second-order valence-electron chi connectivity index (χ2n) is 10.2. The fourth-order valence-corrected chi connectivity index (χ4v) is 5.20. The number of carbonyl (C=O) groups excluding carboxylic acids is 1. The molecule has 1 saturated heterocycles. The van der Waals surface area contributed by atoms with Crippen LogP contribution in [0.5, 0.6) is 11.5 Å². The Bertz CT molecular complexity index is 1610. The molecule has 0 radical (unpaired) electrons. The van der Waals surface area contributed by atoms with Gasteiger partial charge < -0.3 is 39.6 Å². The van der Waals surface area contributed by atoms with Crippen molar-refractivity contribution >= 4 is 34.6 Å². The largest absolute Gasteiger partial charge is 0.464 e. The van der Waals surface area contributed by atoms with Crippen LogP contribution >= 0.6 is 11.6 Å². The number of halogens is 2. The number of nitrogen functional groups attached to an aromatic ring is 1. The van der Waals surface area contributed by atoms with Crippen LogP contribution in [0.3, 0.4) is 0 Å². The van der Waals surface area contributed by atoms with Crippen molar-refractivity contribution in [3.05, 3.63) is 71.8 Å². The molecule has 0 aliphatic carbocycles. The van der Waals surface area contributed by atoms with Gasteiger partial charge in [-0.25, -0.2) is 14.2 Å². The summed E-state index contributed by atoms with van der Waals surface area (Å²) in [5.41, 5.74) is 4.53. The van der Waals surface area contributed by atoms with Gasteiger partial charge in [0.2, 0.25) is 10.9 Å². The van der Waals surface area contributed by atoms with Crippen molar-refractivity contribution in [1.29, 1.82) is 0 Å². The van der Waals surface area contributed by atoms with Crippen molar-refractivity contribution in [2.45, 2.75) is 56.8 Å². The maximum Gasteiger partial charge on any atom is 0.344 e. The number of ether oxygens (including phenoxy) is 5. The maximum absolute atomic E-state index is 15.5. The van der Waals surface area contributed by atoms with E-state index in [2.05, 4.69) is 15.0 Å². The van der Waals surface area contributed by atoms with Crippen LogP contribution in [0.15, 0.2) is 60.9 Å². The summed E-state index contributed by atoms with van der Waals surface area (Å²) in [5.74, 6) is 0.127. The normalized spacial score (nSPS) is 21.8. The molecule has 15 heteroatoms. The lowest BCUT2D eigenvalue weighted by Crippen LogP contribution is -2.57. The molecule has 2 aromatic carbocycles. The SMILES string of the molecule is CCOC(=O)C(Cc1cccc(Oc2ccccc2)c1)(OC[C@H]1O[C@@H](n2cnc3c(N)nc(Cl)nc32)[C@@H](F)[C@@H]1O)C(O)OCC. The van der Waals surface area contributed by atoms with E-state index in [4.69, 9.17) is 41.0 Å². The molecule has 0 amide bonds. The minimum Gasteiger partial charge on any atom is -0.464 e. The van der Waals surface area contributed by atoms with Crippen LogP contribution in [0.1, 0.15) is 25.6 Å². The summed E-state index contributed by atoms with van der Waals surface area (Å²) in [5, 5.41) is 21.8. The Morgan fingerprint density at radius 3 is 2.64 bits per heavy atom. The number of carbonyl (C=O) groups is 1. The fourth-order valence-electron chi connectivity index (χ4n) is 5.03. The number of anilines is 1. The molecule has 4 aromatic rings. The number of fused-ring (bicyclic) bond motifs is 1. The van der Waals surface area contributed by atoms with Gasteiger partial charge in [0.15, 0.2) is 30.2 Å². The molecule has 13 nitrogen and oxygen atoms in total. The molecular weight excluding hydrogens is 613 g/mol. The number of aromatic nitrogens is 4. The molecule has 240 valence electrons. The number of nitrogens with zero attached hydrogens (tertiary/aromatic N) is 4. The first-order valence-corrected chi connectivity index (χ1v) is 14.6. The first-order valence-electron chi connectivity index (χ1n) is 14.2. The third kappa shape index (κ3) is 6.85. The van der Waals surface area contributed by atoms with Gasteiger partial charge in [0.25, 0.3) is 0 Å². The number of benzene rings is 2. The number of imidazole rings is 1. The van der Waals surface area contributed by atoms with Gasteiger partial charge in [0.1, 0.15) is 29.2 Å². The highest BCUT2D eigenvalue weighted by Crippen LogP contribution is 2.36. The van der Waals surface area contributed by atoms with E-state index >= 15 is 4.39 Å². The topological polar surface area (TPSA) is 173 Å². The smallest absolute Gasteiger partial charge is 0.344 e. The van der Waals surface area contributed by atoms with Crippen molar-refractivity contribution < 1.29 is 43.1 Å². The predicted octanol–water partition coefficient (Wildman–Crippen LogP) is 3.37. The van der Waals surface area contributed by atoms with E-state index in [9.17, 15) is 15.0 Å². The quantitative estimate of drug-likeness (QED) is 0.110. The van der Waals surface area contributed by atoms with Crippen LogP contribution in [0.2, 0.25) is 5.28 Å². The first kappa shape index (κ1) is 32.5. The molecule has 3 heterocycles. The molecule has 5 rings (SSSR count). The average molecular weight is 646 g/mol. The third-order valence-corrected chi connectivity index (χ3v) is 7.35. The van der Waals surface area contributed by atoms with Crippen molar-refractivity contribution in [2.75, 3.05) is 25.6 Å². The number of aliphatic hydroxyl groups is 2. The molecule has 0 saturated carbocycles. The number of esters is 1. The van der Waals surface area contributed by atoms with Crippen LogP contribution in [-0.4, -0.2) is 85.8 Å². The van der Waals surface area contributed by atoms with Gasteiger partial charge in [-0.3, -0.25) is 4.57 Å². The summed E-state index contributed by atoms with van der Waals surface area (Å²) < 4.78 is 45.4. The Balaban J connectivity index is 1.41. The van der Waals surface area contributed by atoms with E-state index in [0.29, 0.717) is 17.1 Å². The highest BCUT2D eigenvalue weighted by Gasteiger charge is 2.52. The summed E-state index contributed by atoms with van der Waals surface area (Å²) in [7, 11) is 0. The maximum atomic E-state index is 15.5. The highest BCUT2D eigenvalue weighted by molar-refractivity contribution is 6.28. The third-order valence-electron chi connectivity index (χ3n) is 7.18. The zero-order valence-electron chi connectivity index (χ0n) is 24.5. The van der Waals surface area contributed by atoms with E-state index in [0.717, 1.165) is 0 Å². The van der Waals surface area contributed by atoms with Gasteiger partial charge in [-0.15, -0.1) is 0 Å². The van der Waals surface area contributed by atoms with Crippen LogP contribution in [0.4, 0.5) is 10.2 Å². The molecule has 4 N–H and O–H groups in total. The second kappa shape index (κ2) is 14.0. The van der Waals surface area contributed by atoms with Crippen molar-refractivity contribution in [3.8, 4) is 11.5 Å². The van der Waals surface area contributed by atoms with Crippen LogP contribution in [0.25, 0.3) is 11.2 Å². The number of nitrogens with two attached hydrogens (primary N) is 1. The van der Waals surface area contributed by atoms with Crippen LogP contribution in [-0.2, 0) is 30.2 Å². The van der Waals surface area contributed by atoms with Gasteiger partial charge in [-0.2, -0.15) is 9.97 Å². The first-order chi connectivity index (χ1) is 21.7. The molecule has 2 aromatic heterocycles. The molecule has 45 heavy (non-hydrogen) atoms. The van der Waals surface area contributed by atoms with E-state index in [1.807, 2.05) is 18.2 Å². The average Bonchev–Trinajstić information content (AvgIpc) is 3.56. The van der Waals surface area contributed by atoms with E-state index in [-0.39, 0.29) is 41.9 Å². The zero-order valence-corrected chi connectivity index (χ0v) is 25.2. The minimum absolute atomic E-state index is 0.0139. The molecule has 1 aliphatic rings. The molecule has 2 unspecified atom stereocenters. The molecule has 0 spiro atoms. The molecular formula is C30H33ClFN5O8. The van der Waals surface area contributed by atoms with Gasteiger partial charge in [-0.05, 0) is 55.3 Å². The highest BCUT2D eigenvalue weighted by atomic mass is 35.5. The molecule has 1 aliphatic heterocycles. The summed E-state index contributed by atoms with van der Waals surface area (Å²) in [6, 6.07) is 15.9. The van der Waals surface area contributed by atoms with Gasteiger partial charge in [0.05, 0.1) is 19.5 Å². The van der Waals surface area contributed by atoms with Crippen molar-refractivity contribution in [1.82, 2.24) is 19.5 Å².